The maximum atomic E-state index is 12.1. The second-order valence-corrected chi connectivity index (χ2v) is 6.73. The van der Waals surface area contributed by atoms with Crippen LogP contribution in [0.1, 0.15) is 20.7 Å². The number of rotatable bonds is 2. The van der Waals surface area contributed by atoms with Crippen molar-refractivity contribution in [3.05, 3.63) is 54.7 Å². The number of hydrogen-bond donors (Lipinski definition) is 4. The van der Waals surface area contributed by atoms with Crippen molar-refractivity contribution in [1.29, 1.82) is 0 Å². The molecule has 0 fully saturated rings. The van der Waals surface area contributed by atoms with Crippen molar-refractivity contribution in [2.75, 3.05) is 5.73 Å². The summed E-state index contributed by atoms with van der Waals surface area (Å²) < 4.78 is 1.35. The summed E-state index contributed by atoms with van der Waals surface area (Å²) in [5.74, 6) is -1.23. The van der Waals surface area contributed by atoms with Gasteiger partial charge in [-0.2, -0.15) is 0 Å². The Hall–Kier alpha value is -1.56. The van der Waals surface area contributed by atoms with Crippen molar-refractivity contribution < 1.29 is 14.7 Å². The van der Waals surface area contributed by atoms with Crippen molar-refractivity contribution in [2.24, 2.45) is 0 Å². The Morgan fingerprint density at radius 3 is 2.41 bits per heavy atom. The van der Waals surface area contributed by atoms with Crippen LogP contribution in [0.25, 0.3) is 0 Å². The molecule has 0 aliphatic carbocycles. The standard InChI is InChI=1S/C14H11I2N3O3/c15-8-5-10(12(20)11(16)6-8)14(22)19-18-13(21)7-2-1-3-9(17)4-7/h1-6,20H,17H2,(H,18,21)(H,19,22). The highest BCUT2D eigenvalue weighted by Crippen LogP contribution is 2.26. The number of nitrogens with one attached hydrogen (secondary N) is 2. The number of carbonyl (C=O) groups is 2. The lowest BCUT2D eigenvalue weighted by molar-refractivity contribution is 0.0845. The highest BCUT2D eigenvalue weighted by Gasteiger charge is 2.16. The molecule has 5 N–H and O–H groups in total. The molecule has 0 aliphatic rings. The smallest absolute Gasteiger partial charge is 0.273 e. The predicted molar refractivity (Wildman–Crippen MR) is 99.3 cm³/mol. The number of phenolic OH excluding ortho intramolecular Hbond substituents is 1. The zero-order valence-electron chi connectivity index (χ0n) is 11.1. The monoisotopic (exact) mass is 523 g/mol. The average molecular weight is 523 g/mol. The molecule has 22 heavy (non-hydrogen) atoms. The van der Waals surface area contributed by atoms with Gasteiger partial charge >= 0.3 is 0 Å². The fourth-order valence-electron chi connectivity index (χ4n) is 1.67. The van der Waals surface area contributed by atoms with Crippen molar-refractivity contribution >= 4 is 62.7 Å². The molecular formula is C14H11I2N3O3. The Balaban J connectivity index is 2.09. The Morgan fingerprint density at radius 2 is 1.73 bits per heavy atom. The van der Waals surface area contributed by atoms with Crippen LogP contribution in [-0.2, 0) is 0 Å². The van der Waals surface area contributed by atoms with Gasteiger partial charge in [-0.15, -0.1) is 0 Å². The number of benzene rings is 2. The van der Waals surface area contributed by atoms with Crippen LogP contribution in [0.5, 0.6) is 5.75 Å². The van der Waals surface area contributed by atoms with Crippen LogP contribution in [0.2, 0.25) is 0 Å². The summed E-state index contributed by atoms with van der Waals surface area (Å²) in [5, 5.41) is 9.91. The third-order valence-electron chi connectivity index (χ3n) is 2.71. The van der Waals surface area contributed by atoms with Gasteiger partial charge in [0.2, 0.25) is 0 Å². The van der Waals surface area contributed by atoms with E-state index in [1.54, 1.807) is 24.3 Å². The van der Waals surface area contributed by atoms with Gasteiger partial charge in [-0.1, -0.05) is 6.07 Å². The lowest BCUT2D eigenvalue weighted by Crippen LogP contribution is -2.41. The molecule has 2 rings (SSSR count). The summed E-state index contributed by atoms with van der Waals surface area (Å²) in [6.07, 6.45) is 0. The number of hydrazine groups is 1. The summed E-state index contributed by atoms with van der Waals surface area (Å²) in [7, 11) is 0. The fourth-order valence-corrected chi connectivity index (χ4v) is 3.52. The van der Waals surface area contributed by atoms with Gasteiger partial charge in [0.25, 0.3) is 11.8 Å². The van der Waals surface area contributed by atoms with Crippen molar-refractivity contribution in [3.63, 3.8) is 0 Å². The van der Waals surface area contributed by atoms with Crippen LogP contribution in [0, 0.1) is 7.14 Å². The minimum atomic E-state index is -0.605. The van der Waals surface area contributed by atoms with Crippen LogP contribution < -0.4 is 16.6 Å². The molecule has 6 nitrogen and oxygen atoms in total. The molecule has 0 atom stereocenters. The average Bonchev–Trinajstić information content (AvgIpc) is 2.48. The van der Waals surface area contributed by atoms with E-state index in [4.69, 9.17) is 5.73 Å². The highest BCUT2D eigenvalue weighted by molar-refractivity contribution is 14.1. The van der Waals surface area contributed by atoms with Gasteiger partial charge in [0.05, 0.1) is 9.13 Å². The maximum absolute atomic E-state index is 12.1. The molecule has 2 aromatic rings. The first-order chi connectivity index (χ1) is 10.4. The van der Waals surface area contributed by atoms with E-state index in [0.717, 1.165) is 3.57 Å². The molecule has 0 heterocycles. The third kappa shape index (κ3) is 4.00. The number of phenols is 1. The molecule has 0 aromatic heterocycles. The summed E-state index contributed by atoms with van der Waals surface area (Å²) in [5.41, 5.74) is 11.0. The molecule has 0 radical (unpaired) electrons. The van der Waals surface area contributed by atoms with Crippen LogP contribution in [0.15, 0.2) is 36.4 Å². The Morgan fingerprint density at radius 1 is 1.05 bits per heavy atom. The number of aromatic hydroxyl groups is 1. The number of carbonyl (C=O) groups excluding carboxylic acids is 2. The Bertz CT molecular complexity index is 750. The second kappa shape index (κ2) is 7.13. The maximum Gasteiger partial charge on any atom is 0.273 e. The topological polar surface area (TPSA) is 104 Å². The van der Waals surface area contributed by atoms with E-state index in [0.29, 0.717) is 14.8 Å². The Kier molecular flexibility index (Phi) is 5.45. The zero-order valence-corrected chi connectivity index (χ0v) is 15.4. The van der Waals surface area contributed by atoms with Gasteiger partial charge in [-0.25, -0.2) is 0 Å². The highest BCUT2D eigenvalue weighted by atomic mass is 127. The normalized spacial score (nSPS) is 10.1. The molecule has 114 valence electrons. The molecule has 8 heteroatoms. The van der Waals surface area contributed by atoms with Crippen molar-refractivity contribution in [3.8, 4) is 5.75 Å². The SMILES string of the molecule is Nc1cccc(C(=O)NNC(=O)c2cc(I)cc(I)c2O)c1. The quantitative estimate of drug-likeness (QED) is 0.276. The molecule has 0 spiro atoms. The molecule has 2 amide bonds. The van der Waals surface area contributed by atoms with Gasteiger partial charge in [0.1, 0.15) is 5.75 Å². The third-order valence-corrected chi connectivity index (χ3v) is 4.16. The van der Waals surface area contributed by atoms with Crippen molar-refractivity contribution in [2.45, 2.75) is 0 Å². The van der Waals surface area contributed by atoms with Gasteiger partial charge in [-0.05, 0) is 75.5 Å². The second-order valence-electron chi connectivity index (χ2n) is 4.32. The predicted octanol–water partition coefficient (Wildman–Crippen LogP) is 2.26. The van der Waals surface area contributed by atoms with E-state index in [9.17, 15) is 14.7 Å². The molecule has 0 bridgehead atoms. The number of amides is 2. The molecule has 0 unspecified atom stereocenters. The lowest BCUT2D eigenvalue weighted by atomic mass is 10.2. The molecule has 0 saturated carbocycles. The summed E-state index contributed by atoms with van der Waals surface area (Å²) in [6.45, 7) is 0. The van der Waals surface area contributed by atoms with Crippen LogP contribution >= 0.6 is 45.2 Å². The number of anilines is 1. The van der Waals surface area contributed by atoms with Crippen molar-refractivity contribution in [1.82, 2.24) is 10.9 Å². The first kappa shape index (κ1) is 16.8. The first-order valence-electron chi connectivity index (χ1n) is 6.02. The number of hydrogen-bond acceptors (Lipinski definition) is 4. The van der Waals surface area contributed by atoms with E-state index in [1.165, 1.54) is 12.1 Å². The molecule has 2 aromatic carbocycles. The van der Waals surface area contributed by atoms with E-state index in [-0.39, 0.29) is 11.3 Å². The largest absolute Gasteiger partial charge is 0.506 e. The van der Waals surface area contributed by atoms with E-state index in [2.05, 4.69) is 10.9 Å². The first-order valence-corrected chi connectivity index (χ1v) is 8.18. The summed E-state index contributed by atoms with van der Waals surface area (Å²) in [4.78, 5) is 24.0. The van der Waals surface area contributed by atoms with Gasteiger partial charge in [0.15, 0.2) is 0 Å². The number of halogens is 2. The summed E-state index contributed by atoms with van der Waals surface area (Å²) >= 11 is 3.97. The minimum Gasteiger partial charge on any atom is -0.506 e. The van der Waals surface area contributed by atoms with Gasteiger partial charge < -0.3 is 10.8 Å². The van der Waals surface area contributed by atoms with Crippen LogP contribution in [0.4, 0.5) is 5.69 Å². The molecular weight excluding hydrogens is 512 g/mol. The van der Waals surface area contributed by atoms with Crippen LogP contribution in [-0.4, -0.2) is 16.9 Å². The number of nitrogens with two attached hydrogens (primary N) is 1. The lowest BCUT2D eigenvalue weighted by Gasteiger charge is -2.10. The number of nitrogen functional groups attached to an aromatic ring is 1. The van der Waals surface area contributed by atoms with Crippen LogP contribution in [0.3, 0.4) is 0 Å². The van der Waals surface area contributed by atoms with E-state index >= 15 is 0 Å². The Labute approximate surface area is 153 Å². The zero-order chi connectivity index (χ0) is 16.3. The van der Waals surface area contributed by atoms with E-state index < -0.39 is 11.8 Å². The van der Waals surface area contributed by atoms with Gasteiger partial charge in [-0.3, -0.25) is 20.4 Å². The fraction of sp³-hybridized carbons (Fsp3) is 0. The molecule has 0 aliphatic heterocycles. The van der Waals surface area contributed by atoms with Gasteiger partial charge in [0, 0.05) is 14.8 Å². The molecule has 0 saturated heterocycles. The van der Waals surface area contributed by atoms with E-state index in [1.807, 2.05) is 45.2 Å². The summed E-state index contributed by atoms with van der Waals surface area (Å²) in [6, 6.07) is 9.62. The minimum absolute atomic E-state index is 0.0872.